The van der Waals surface area contributed by atoms with E-state index in [9.17, 15) is 13.2 Å². The molecular formula is C4H5F3O3. The van der Waals surface area contributed by atoms with Crippen LogP contribution in [-0.2, 0) is 0 Å². The zero-order valence-electron chi connectivity index (χ0n) is 4.72. The van der Waals surface area contributed by atoms with Gasteiger partial charge in [-0.1, -0.05) is 6.58 Å². The summed E-state index contributed by atoms with van der Waals surface area (Å²) in [5.74, 6) is 0. The molecule has 2 N–H and O–H groups in total. The van der Waals surface area contributed by atoms with E-state index >= 15 is 0 Å². The number of hydrogen-bond acceptors (Lipinski definition) is 1. The van der Waals surface area contributed by atoms with E-state index in [2.05, 4.69) is 6.58 Å². The van der Waals surface area contributed by atoms with Crippen LogP contribution < -0.4 is 0 Å². The van der Waals surface area contributed by atoms with Gasteiger partial charge in [-0.15, -0.1) is 0 Å². The van der Waals surface area contributed by atoms with Crippen molar-refractivity contribution in [2.24, 2.45) is 0 Å². The molecule has 0 atom stereocenters. The molecule has 3 nitrogen and oxygen atoms in total. The quantitative estimate of drug-likeness (QED) is 0.529. The van der Waals surface area contributed by atoms with Gasteiger partial charge in [0.05, 0.1) is 0 Å². The molecule has 0 amide bonds. The highest BCUT2D eigenvalue weighted by molar-refractivity contribution is 5.53. The van der Waals surface area contributed by atoms with Gasteiger partial charge in [-0.25, -0.2) is 4.79 Å². The minimum absolute atomic E-state index is 0.0625. The largest absolute Gasteiger partial charge is 0.503 e. The molecule has 0 aliphatic rings. The monoisotopic (exact) mass is 158 g/mol. The second kappa shape index (κ2) is 4.66. The predicted molar refractivity (Wildman–Crippen MR) is 26.9 cm³/mol. The number of alkyl halides is 3. The van der Waals surface area contributed by atoms with Crippen molar-refractivity contribution in [2.45, 2.75) is 6.18 Å². The number of hydrogen-bond donors (Lipinski definition) is 2. The molecule has 0 radical (unpaired) electrons. The third-order valence-corrected chi connectivity index (χ3v) is 0.231. The molecule has 60 valence electrons. The Morgan fingerprint density at radius 3 is 1.50 bits per heavy atom. The van der Waals surface area contributed by atoms with Gasteiger partial charge in [-0.05, 0) is 0 Å². The molecule has 0 rings (SSSR count). The molecule has 10 heavy (non-hydrogen) atoms. The predicted octanol–water partition coefficient (Wildman–Crippen LogP) is 1.96. The first-order valence-corrected chi connectivity index (χ1v) is 1.92. The van der Waals surface area contributed by atoms with E-state index in [1.807, 2.05) is 0 Å². The second-order valence-electron chi connectivity index (χ2n) is 1.03. The first-order valence-electron chi connectivity index (χ1n) is 1.92. The minimum Gasteiger partial charge on any atom is -0.450 e. The summed E-state index contributed by atoms with van der Waals surface area (Å²) < 4.78 is 32.0. The molecular weight excluding hydrogens is 153 g/mol. The van der Waals surface area contributed by atoms with Crippen LogP contribution in [0.25, 0.3) is 0 Å². The van der Waals surface area contributed by atoms with Gasteiger partial charge in [0.15, 0.2) is 0 Å². The highest BCUT2D eigenvalue weighted by Crippen LogP contribution is 2.13. The fourth-order valence-corrected chi connectivity index (χ4v) is 0. The van der Waals surface area contributed by atoms with Crippen molar-refractivity contribution in [1.29, 1.82) is 0 Å². The zero-order valence-corrected chi connectivity index (χ0v) is 4.72. The third-order valence-electron chi connectivity index (χ3n) is 0.231. The minimum atomic E-state index is -4.19. The number of halogens is 3. The number of carbonyl (C=O) groups is 1. The standard InChI is InChI=1S/C3H3F3.CH2O3/c1-2-3(4,5)6;2-1(3)4/h2H,1H2;(H2,2,3,4). The number of rotatable bonds is 0. The lowest BCUT2D eigenvalue weighted by Crippen LogP contribution is -1.98. The molecule has 0 aliphatic carbocycles. The molecule has 6 heteroatoms. The molecule has 0 bridgehead atoms. The van der Waals surface area contributed by atoms with Gasteiger partial charge in [-0.2, -0.15) is 13.2 Å². The maximum Gasteiger partial charge on any atom is 0.503 e. The Kier molecular flexibility index (Phi) is 5.39. The van der Waals surface area contributed by atoms with E-state index in [1.165, 1.54) is 0 Å². The van der Waals surface area contributed by atoms with Gasteiger partial charge >= 0.3 is 12.3 Å². The Balaban J connectivity index is 0. The van der Waals surface area contributed by atoms with Crippen molar-refractivity contribution >= 4 is 6.16 Å². The van der Waals surface area contributed by atoms with Gasteiger partial charge in [-0.3, -0.25) is 0 Å². The summed E-state index contributed by atoms with van der Waals surface area (Å²) in [5, 5.41) is 13.9. The summed E-state index contributed by atoms with van der Waals surface area (Å²) >= 11 is 0. The lowest BCUT2D eigenvalue weighted by Gasteiger charge is -1.91. The van der Waals surface area contributed by atoms with Crippen LogP contribution in [0.2, 0.25) is 0 Å². The van der Waals surface area contributed by atoms with Crippen LogP contribution in [-0.4, -0.2) is 22.5 Å². The number of carboxylic acid groups (broad SMARTS) is 2. The molecule has 0 aromatic carbocycles. The number of allylic oxidation sites excluding steroid dienone is 1. The Bertz CT molecular complexity index is 113. The molecule has 0 fully saturated rings. The SMILES string of the molecule is C=CC(F)(F)F.O=C(O)O. The summed E-state index contributed by atoms with van der Waals surface area (Å²) in [5.41, 5.74) is 0. The van der Waals surface area contributed by atoms with E-state index in [0.717, 1.165) is 0 Å². The third kappa shape index (κ3) is 70.6. The van der Waals surface area contributed by atoms with Crippen molar-refractivity contribution in [1.82, 2.24) is 0 Å². The van der Waals surface area contributed by atoms with Crippen LogP contribution in [0.1, 0.15) is 0 Å². The lowest BCUT2D eigenvalue weighted by molar-refractivity contribution is -0.0795. The van der Waals surface area contributed by atoms with Crippen molar-refractivity contribution in [3.63, 3.8) is 0 Å². The molecule has 0 saturated heterocycles. The van der Waals surface area contributed by atoms with Crippen LogP contribution >= 0.6 is 0 Å². The van der Waals surface area contributed by atoms with E-state index in [1.54, 1.807) is 0 Å². The molecule has 0 aliphatic heterocycles. The normalized spacial score (nSPS) is 9.10. The summed E-state index contributed by atoms with van der Waals surface area (Å²) in [6, 6.07) is 0. The van der Waals surface area contributed by atoms with Crippen LogP contribution in [0.4, 0.5) is 18.0 Å². The lowest BCUT2D eigenvalue weighted by atomic mass is 10.6. The second-order valence-corrected chi connectivity index (χ2v) is 1.03. The van der Waals surface area contributed by atoms with Gasteiger partial charge in [0.2, 0.25) is 0 Å². The first kappa shape index (κ1) is 11.6. The Morgan fingerprint density at radius 2 is 1.50 bits per heavy atom. The first-order chi connectivity index (χ1) is 4.29. The molecule has 0 spiro atoms. The summed E-state index contributed by atoms with van der Waals surface area (Å²) in [6.07, 6.45) is -6.09. The van der Waals surface area contributed by atoms with Crippen molar-refractivity contribution in [3.8, 4) is 0 Å². The summed E-state index contributed by atoms with van der Waals surface area (Å²) in [4.78, 5) is 8.56. The Labute approximate surface area is 54.4 Å². The Morgan fingerprint density at radius 1 is 1.40 bits per heavy atom. The highest BCUT2D eigenvalue weighted by Gasteiger charge is 2.19. The van der Waals surface area contributed by atoms with E-state index in [-0.39, 0.29) is 6.08 Å². The van der Waals surface area contributed by atoms with Crippen molar-refractivity contribution < 1.29 is 28.2 Å². The zero-order chi connectivity index (χ0) is 8.78. The fourth-order valence-electron chi connectivity index (χ4n) is 0. The molecule has 0 aromatic heterocycles. The fraction of sp³-hybridized carbons (Fsp3) is 0.250. The molecule has 0 aromatic rings. The van der Waals surface area contributed by atoms with Crippen molar-refractivity contribution in [3.05, 3.63) is 12.7 Å². The molecule has 0 saturated carbocycles. The van der Waals surface area contributed by atoms with Crippen LogP contribution in [0.15, 0.2) is 12.7 Å². The van der Waals surface area contributed by atoms with Gasteiger partial charge in [0.1, 0.15) is 0 Å². The maximum atomic E-state index is 10.7. The maximum absolute atomic E-state index is 10.7. The van der Waals surface area contributed by atoms with Crippen LogP contribution in [0.5, 0.6) is 0 Å². The topological polar surface area (TPSA) is 57.5 Å². The average molecular weight is 158 g/mol. The summed E-state index contributed by atoms with van der Waals surface area (Å²) in [7, 11) is 0. The summed E-state index contributed by atoms with van der Waals surface area (Å²) in [6.45, 7) is 2.51. The van der Waals surface area contributed by atoms with E-state index in [4.69, 9.17) is 15.0 Å². The highest BCUT2D eigenvalue weighted by atomic mass is 19.4. The van der Waals surface area contributed by atoms with Gasteiger partial charge < -0.3 is 10.2 Å². The van der Waals surface area contributed by atoms with Crippen molar-refractivity contribution in [2.75, 3.05) is 0 Å². The Hall–Kier alpha value is -1.20. The van der Waals surface area contributed by atoms with E-state index in [0.29, 0.717) is 0 Å². The average Bonchev–Trinajstić information content (AvgIpc) is 1.63. The molecule has 0 unspecified atom stereocenters. The van der Waals surface area contributed by atoms with Crippen LogP contribution in [0, 0.1) is 0 Å². The van der Waals surface area contributed by atoms with E-state index < -0.39 is 12.3 Å². The van der Waals surface area contributed by atoms with Crippen LogP contribution in [0.3, 0.4) is 0 Å². The smallest absolute Gasteiger partial charge is 0.450 e. The van der Waals surface area contributed by atoms with Gasteiger partial charge in [0.25, 0.3) is 0 Å². The molecule has 0 heterocycles. The van der Waals surface area contributed by atoms with Gasteiger partial charge in [0, 0.05) is 6.08 Å².